The highest BCUT2D eigenvalue weighted by atomic mass is 16.4. The molecule has 1 heterocycles. The third kappa shape index (κ3) is 4.31. The standard InChI is InChI=1S/C15H22N2O2/c18-15(19)14(12-6-2-1-3-7-12)17-11-9-13-8-4-5-10-16-13/h4-5,8,10,12,14,17H,1-3,6-7,9,11H2,(H,18,19). The summed E-state index contributed by atoms with van der Waals surface area (Å²) >= 11 is 0. The molecule has 1 aromatic heterocycles. The van der Waals surface area contributed by atoms with Crippen molar-refractivity contribution < 1.29 is 9.90 Å². The maximum atomic E-state index is 11.4. The SMILES string of the molecule is O=C(O)C(NCCc1ccccn1)C1CCCCC1. The molecule has 0 bridgehead atoms. The summed E-state index contributed by atoms with van der Waals surface area (Å²) in [6.45, 7) is 0.671. The number of carbonyl (C=O) groups is 1. The Morgan fingerprint density at radius 2 is 2.16 bits per heavy atom. The van der Waals surface area contributed by atoms with E-state index in [1.165, 1.54) is 6.42 Å². The number of carboxylic acids is 1. The molecule has 19 heavy (non-hydrogen) atoms. The molecule has 2 N–H and O–H groups in total. The fourth-order valence-corrected chi connectivity index (χ4v) is 2.82. The summed E-state index contributed by atoms with van der Waals surface area (Å²) in [6, 6.07) is 5.42. The largest absolute Gasteiger partial charge is 0.480 e. The van der Waals surface area contributed by atoms with Crippen molar-refractivity contribution in [2.24, 2.45) is 5.92 Å². The minimum Gasteiger partial charge on any atom is -0.480 e. The van der Waals surface area contributed by atoms with Crippen molar-refractivity contribution in [1.82, 2.24) is 10.3 Å². The van der Waals surface area contributed by atoms with Crippen LogP contribution in [0.1, 0.15) is 37.8 Å². The van der Waals surface area contributed by atoms with E-state index in [9.17, 15) is 9.90 Å². The normalized spacial score (nSPS) is 18.1. The number of hydrogen-bond donors (Lipinski definition) is 2. The van der Waals surface area contributed by atoms with Crippen LogP contribution in [-0.2, 0) is 11.2 Å². The van der Waals surface area contributed by atoms with E-state index < -0.39 is 12.0 Å². The van der Waals surface area contributed by atoms with Gasteiger partial charge < -0.3 is 10.4 Å². The lowest BCUT2D eigenvalue weighted by Crippen LogP contribution is -2.44. The van der Waals surface area contributed by atoms with Gasteiger partial charge in [-0.3, -0.25) is 9.78 Å². The molecule has 1 aliphatic carbocycles. The number of nitrogens with one attached hydrogen (secondary N) is 1. The van der Waals surface area contributed by atoms with Gasteiger partial charge in [-0.2, -0.15) is 0 Å². The Labute approximate surface area is 114 Å². The van der Waals surface area contributed by atoms with Gasteiger partial charge in [-0.05, 0) is 30.9 Å². The van der Waals surface area contributed by atoms with Crippen LogP contribution >= 0.6 is 0 Å². The highest BCUT2D eigenvalue weighted by Crippen LogP contribution is 2.26. The Morgan fingerprint density at radius 1 is 1.37 bits per heavy atom. The summed E-state index contributed by atoms with van der Waals surface area (Å²) in [5, 5.41) is 12.5. The Kier molecular flexibility index (Phi) is 5.33. The van der Waals surface area contributed by atoms with Gasteiger partial charge in [0.1, 0.15) is 6.04 Å². The molecule has 1 aliphatic rings. The van der Waals surface area contributed by atoms with E-state index in [0.29, 0.717) is 6.54 Å². The predicted octanol–water partition coefficient (Wildman–Crippen LogP) is 2.25. The van der Waals surface area contributed by atoms with Crippen LogP contribution in [0.3, 0.4) is 0 Å². The number of carboxylic acid groups (broad SMARTS) is 1. The first-order valence-corrected chi connectivity index (χ1v) is 7.13. The number of aliphatic carboxylic acids is 1. The number of hydrogen-bond acceptors (Lipinski definition) is 3. The third-order valence-electron chi connectivity index (χ3n) is 3.86. The average Bonchev–Trinajstić information content (AvgIpc) is 2.45. The summed E-state index contributed by atoms with van der Waals surface area (Å²) in [7, 11) is 0. The minimum absolute atomic E-state index is 0.287. The van der Waals surface area contributed by atoms with Crippen LogP contribution in [0, 0.1) is 5.92 Å². The first-order chi connectivity index (χ1) is 9.27. The van der Waals surface area contributed by atoms with E-state index >= 15 is 0 Å². The van der Waals surface area contributed by atoms with Gasteiger partial charge in [0.25, 0.3) is 0 Å². The molecular formula is C15H22N2O2. The third-order valence-corrected chi connectivity index (χ3v) is 3.86. The fourth-order valence-electron chi connectivity index (χ4n) is 2.82. The lowest BCUT2D eigenvalue weighted by molar-refractivity contribution is -0.141. The molecule has 4 heteroatoms. The van der Waals surface area contributed by atoms with E-state index in [-0.39, 0.29) is 5.92 Å². The van der Waals surface area contributed by atoms with Gasteiger partial charge in [0.15, 0.2) is 0 Å². The quantitative estimate of drug-likeness (QED) is 0.825. The van der Waals surface area contributed by atoms with E-state index in [4.69, 9.17) is 0 Å². The minimum atomic E-state index is -0.715. The van der Waals surface area contributed by atoms with Crippen molar-refractivity contribution in [2.45, 2.75) is 44.6 Å². The van der Waals surface area contributed by atoms with Crippen molar-refractivity contribution in [2.75, 3.05) is 6.54 Å². The smallest absolute Gasteiger partial charge is 0.320 e. The number of pyridine rings is 1. The molecule has 0 spiro atoms. The summed E-state index contributed by atoms with van der Waals surface area (Å²) in [5.41, 5.74) is 1.00. The Bertz CT molecular complexity index is 388. The van der Waals surface area contributed by atoms with Gasteiger partial charge in [-0.1, -0.05) is 25.3 Å². The van der Waals surface area contributed by atoms with Gasteiger partial charge >= 0.3 is 5.97 Å². The molecule has 1 saturated carbocycles. The van der Waals surface area contributed by atoms with Gasteiger partial charge in [0, 0.05) is 24.9 Å². The molecule has 4 nitrogen and oxygen atoms in total. The van der Waals surface area contributed by atoms with E-state index in [0.717, 1.165) is 37.8 Å². The Balaban J connectivity index is 1.82. The Morgan fingerprint density at radius 3 is 2.79 bits per heavy atom. The van der Waals surface area contributed by atoms with Crippen LogP contribution in [0.4, 0.5) is 0 Å². The fraction of sp³-hybridized carbons (Fsp3) is 0.600. The molecule has 0 amide bonds. The van der Waals surface area contributed by atoms with Gasteiger partial charge in [-0.15, -0.1) is 0 Å². The maximum absolute atomic E-state index is 11.4. The molecule has 104 valence electrons. The van der Waals surface area contributed by atoms with Crippen LogP contribution in [0.5, 0.6) is 0 Å². The first kappa shape index (κ1) is 14.0. The predicted molar refractivity (Wildman–Crippen MR) is 73.9 cm³/mol. The van der Waals surface area contributed by atoms with Crippen LogP contribution in [-0.4, -0.2) is 28.6 Å². The van der Waals surface area contributed by atoms with Crippen molar-refractivity contribution in [3.05, 3.63) is 30.1 Å². The first-order valence-electron chi connectivity index (χ1n) is 7.13. The topological polar surface area (TPSA) is 62.2 Å². The second-order valence-electron chi connectivity index (χ2n) is 5.24. The van der Waals surface area contributed by atoms with Crippen molar-refractivity contribution >= 4 is 5.97 Å². The molecule has 2 rings (SSSR count). The summed E-state index contributed by atoms with van der Waals surface area (Å²) in [5.74, 6) is -0.428. The summed E-state index contributed by atoms with van der Waals surface area (Å²) < 4.78 is 0. The highest BCUT2D eigenvalue weighted by molar-refractivity contribution is 5.73. The molecule has 0 saturated heterocycles. The molecule has 1 unspecified atom stereocenters. The van der Waals surface area contributed by atoms with Crippen LogP contribution in [0.15, 0.2) is 24.4 Å². The molecule has 0 aromatic carbocycles. The second kappa shape index (κ2) is 7.24. The van der Waals surface area contributed by atoms with E-state index in [1.807, 2.05) is 18.2 Å². The lowest BCUT2D eigenvalue weighted by atomic mass is 9.84. The van der Waals surface area contributed by atoms with Crippen LogP contribution in [0.2, 0.25) is 0 Å². The van der Waals surface area contributed by atoms with E-state index in [2.05, 4.69) is 10.3 Å². The zero-order chi connectivity index (χ0) is 13.5. The van der Waals surface area contributed by atoms with Crippen LogP contribution < -0.4 is 5.32 Å². The van der Waals surface area contributed by atoms with Crippen molar-refractivity contribution in [3.8, 4) is 0 Å². The monoisotopic (exact) mass is 262 g/mol. The second-order valence-corrected chi connectivity index (χ2v) is 5.24. The van der Waals surface area contributed by atoms with Gasteiger partial charge in [0.05, 0.1) is 0 Å². The highest BCUT2D eigenvalue weighted by Gasteiger charge is 2.28. The van der Waals surface area contributed by atoms with Crippen molar-refractivity contribution in [3.63, 3.8) is 0 Å². The molecule has 1 aromatic rings. The maximum Gasteiger partial charge on any atom is 0.320 e. The van der Waals surface area contributed by atoms with Crippen LogP contribution in [0.25, 0.3) is 0 Å². The molecular weight excluding hydrogens is 240 g/mol. The zero-order valence-corrected chi connectivity index (χ0v) is 11.2. The van der Waals surface area contributed by atoms with E-state index in [1.54, 1.807) is 6.20 Å². The molecule has 1 atom stereocenters. The number of nitrogens with zero attached hydrogens (tertiary/aromatic N) is 1. The van der Waals surface area contributed by atoms with Crippen molar-refractivity contribution in [1.29, 1.82) is 0 Å². The lowest BCUT2D eigenvalue weighted by Gasteiger charge is -2.28. The average molecular weight is 262 g/mol. The molecule has 1 fully saturated rings. The van der Waals surface area contributed by atoms with Gasteiger partial charge in [0.2, 0.25) is 0 Å². The van der Waals surface area contributed by atoms with Gasteiger partial charge in [-0.25, -0.2) is 0 Å². The number of aromatic nitrogens is 1. The summed E-state index contributed by atoms with van der Waals surface area (Å²) in [4.78, 5) is 15.6. The Hall–Kier alpha value is -1.42. The molecule has 0 radical (unpaired) electrons. The zero-order valence-electron chi connectivity index (χ0n) is 11.2. The number of rotatable bonds is 6. The molecule has 0 aliphatic heterocycles. The summed E-state index contributed by atoms with van der Waals surface area (Å²) in [6.07, 6.45) is 8.19.